The molecular weight excluding hydrogens is 190 g/mol. The third kappa shape index (κ3) is 1.24. The highest BCUT2D eigenvalue weighted by Crippen LogP contribution is 2.27. The predicted octanol–water partition coefficient (Wildman–Crippen LogP) is 1.01. The van der Waals surface area contributed by atoms with Gasteiger partial charge in [-0.05, 0) is 12.1 Å². The number of nitrogens with zero attached hydrogens (tertiary/aromatic N) is 4. The summed E-state index contributed by atoms with van der Waals surface area (Å²) in [5, 5.41) is 4.11. The van der Waals surface area contributed by atoms with E-state index in [1.54, 1.807) is 0 Å². The summed E-state index contributed by atoms with van der Waals surface area (Å²) >= 11 is 0. The predicted molar refractivity (Wildman–Crippen MR) is 57.9 cm³/mol. The molecule has 0 amide bonds. The minimum absolute atomic E-state index is 0.339. The Morgan fingerprint density at radius 1 is 1.13 bits per heavy atom. The molecule has 15 heavy (non-hydrogen) atoms. The number of rotatable bonds is 1. The normalized spacial score (nSPS) is 14.3. The zero-order valence-corrected chi connectivity index (χ0v) is 8.17. The van der Waals surface area contributed by atoms with Gasteiger partial charge in [0.2, 0.25) is 11.9 Å². The van der Waals surface area contributed by atoms with Crippen LogP contribution in [0.3, 0.4) is 0 Å². The molecule has 0 saturated heterocycles. The minimum Gasteiger partial charge on any atom is -0.366 e. The molecule has 0 fully saturated rings. The van der Waals surface area contributed by atoms with Gasteiger partial charge < -0.3 is 10.6 Å². The summed E-state index contributed by atoms with van der Waals surface area (Å²) in [6.07, 6.45) is 0. The van der Waals surface area contributed by atoms with Gasteiger partial charge in [-0.15, -0.1) is 5.10 Å². The molecule has 2 N–H and O–H groups in total. The Labute approximate surface area is 87.1 Å². The van der Waals surface area contributed by atoms with Crippen LogP contribution in [0.15, 0.2) is 30.3 Å². The Morgan fingerprint density at radius 2 is 1.93 bits per heavy atom. The van der Waals surface area contributed by atoms with Gasteiger partial charge in [0.15, 0.2) is 0 Å². The molecule has 1 aromatic carbocycles. The number of nitrogen functional groups attached to an aromatic ring is 1. The third-order valence-corrected chi connectivity index (χ3v) is 2.51. The average molecular weight is 201 g/mol. The summed E-state index contributed by atoms with van der Waals surface area (Å²) in [5.41, 5.74) is 6.69. The lowest BCUT2D eigenvalue weighted by atomic mass is 10.3. The van der Waals surface area contributed by atoms with Crippen molar-refractivity contribution in [2.45, 2.75) is 6.54 Å². The number of hydrogen-bond donors (Lipinski definition) is 1. The van der Waals surface area contributed by atoms with Crippen LogP contribution in [0.5, 0.6) is 0 Å². The summed E-state index contributed by atoms with van der Waals surface area (Å²) in [6.45, 7) is 1.74. The highest BCUT2D eigenvalue weighted by molar-refractivity contribution is 5.59. The van der Waals surface area contributed by atoms with E-state index in [0.717, 1.165) is 24.7 Å². The van der Waals surface area contributed by atoms with Gasteiger partial charge in [-0.2, -0.15) is 4.98 Å². The molecule has 1 aromatic heterocycles. The van der Waals surface area contributed by atoms with E-state index in [4.69, 9.17) is 5.73 Å². The number of anilines is 3. The lowest BCUT2D eigenvalue weighted by Gasteiger charge is -2.14. The minimum atomic E-state index is 0.339. The second-order valence-corrected chi connectivity index (χ2v) is 3.48. The Hall–Kier alpha value is -2.04. The summed E-state index contributed by atoms with van der Waals surface area (Å²) in [7, 11) is 0. The lowest BCUT2D eigenvalue weighted by Crippen LogP contribution is -2.14. The Balaban J connectivity index is 2.03. The highest BCUT2D eigenvalue weighted by Gasteiger charge is 2.23. The molecule has 0 spiro atoms. The van der Waals surface area contributed by atoms with Crippen molar-refractivity contribution < 1.29 is 0 Å². The van der Waals surface area contributed by atoms with Crippen molar-refractivity contribution in [3.05, 3.63) is 30.3 Å². The van der Waals surface area contributed by atoms with E-state index >= 15 is 0 Å². The van der Waals surface area contributed by atoms with Gasteiger partial charge in [-0.3, -0.25) is 0 Å². The monoisotopic (exact) mass is 201 g/mol. The van der Waals surface area contributed by atoms with E-state index in [-0.39, 0.29) is 0 Å². The number of para-hydroxylation sites is 1. The maximum Gasteiger partial charge on any atom is 0.241 e. The van der Waals surface area contributed by atoms with Gasteiger partial charge in [0.05, 0.1) is 6.54 Å². The first-order chi connectivity index (χ1) is 7.34. The van der Waals surface area contributed by atoms with Gasteiger partial charge in [0.25, 0.3) is 0 Å². The highest BCUT2D eigenvalue weighted by atomic mass is 15.5. The van der Waals surface area contributed by atoms with E-state index in [1.165, 1.54) is 0 Å². The zero-order valence-electron chi connectivity index (χ0n) is 8.17. The molecule has 1 aliphatic rings. The average Bonchev–Trinajstić information content (AvgIpc) is 2.77. The lowest BCUT2D eigenvalue weighted by molar-refractivity contribution is 0.696. The molecular formula is C10H11N5. The number of hydrogen-bond acceptors (Lipinski definition) is 4. The van der Waals surface area contributed by atoms with E-state index in [1.807, 2.05) is 22.9 Å². The van der Waals surface area contributed by atoms with Gasteiger partial charge >= 0.3 is 0 Å². The van der Waals surface area contributed by atoms with Gasteiger partial charge in [0, 0.05) is 12.2 Å². The van der Waals surface area contributed by atoms with Crippen molar-refractivity contribution in [2.75, 3.05) is 17.2 Å². The fraction of sp³-hybridized carbons (Fsp3) is 0.200. The molecule has 2 aromatic rings. The number of nitrogens with two attached hydrogens (primary N) is 1. The Morgan fingerprint density at radius 3 is 2.73 bits per heavy atom. The zero-order chi connectivity index (χ0) is 10.3. The first-order valence-corrected chi connectivity index (χ1v) is 4.87. The molecule has 0 saturated carbocycles. The van der Waals surface area contributed by atoms with Crippen LogP contribution in [0.25, 0.3) is 0 Å². The van der Waals surface area contributed by atoms with E-state index < -0.39 is 0 Å². The molecule has 2 heterocycles. The first kappa shape index (κ1) is 8.28. The maximum absolute atomic E-state index is 5.56. The molecule has 76 valence electrons. The van der Waals surface area contributed by atoms with E-state index in [2.05, 4.69) is 27.1 Å². The fourth-order valence-electron chi connectivity index (χ4n) is 1.85. The van der Waals surface area contributed by atoms with Crippen LogP contribution in [0.1, 0.15) is 0 Å². The van der Waals surface area contributed by atoms with Crippen molar-refractivity contribution >= 4 is 17.6 Å². The molecule has 0 aliphatic carbocycles. The summed E-state index contributed by atoms with van der Waals surface area (Å²) in [4.78, 5) is 6.32. The van der Waals surface area contributed by atoms with Gasteiger partial charge in [-0.25, -0.2) is 4.68 Å². The van der Waals surface area contributed by atoms with Crippen LogP contribution in [0.2, 0.25) is 0 Å². The molecule has 0 atom stereocenters. The Bertz CT molecular complexity index is 476. The molecule has 0 radical (unpaired) electrons. The Kier molecular flexibility index (Phi) is 1.65. The van der Waals surface area contributed by atoms with Crippen LogP contribution in [-0.4, -0.2) is 21.3 Å². The summed E-state index contributed by atoms with van der Waals surface area (Å²) < 4.78 is 1.84. The van der Waals surface area contributed by atoms with Crippen molar-refractivity contribution in [3.63, 3.8) is 0 Å². The second kappa shape index (κ2) is 2.98. The van der Waals surface area contributed by atoms with E-state index in [9.17, 15) is 0 Å². The summed E-state index contributed by atoms with van der Waals surface area (Å²) in [5.74, 6) is 1.17. The molecule has 3 rings (SSSR count). The number of fused-ring (bicyclic) bond motifs is 1. The number of benzene rings is 1. The van der Waals surface area contributed by atoms with Crippen molar-refractivity contribution in [1.29, 1.82) is 0 Å². The van der Waals surface area contributed by atoms with Gasteiger partial charge in [0.1, 0.15) is 0 Å². The molecule has 0 unspecified atom stereocenters. The first-order valence-electron chi connectivity index (χ1n) is 4.87. The van der Waals surface area contributed by atoms with Crippen LogP contribution in [-0.2, 0) is 6.54 Å². The SMILES string of the molecule is Nc1nc2n(n1)CCN2c1ccccc1. The second-order valence-electron chi connectivity index (χ2n) is 3.48. The molecule has 5 heteroatoms. The quantitative estimate of drug-likeness (QED) is 0.748. The standard InChI is InChI=1S/C10H11N5/c11-9-12-10-14(6-7-15(10)13-9)8-4-2-1-3-5-8/h1-5H,6-7H2,(H2,11,13). The summed E-state index contributed by atoms with van der Waals surface area (Å²) in [6, 6.07) is 10.1. The number of aromatic nitrogens is 3. The largest absolute Gasteiger partial charge is 0.366 e. The smallest absolute Gasteiger partial charge is 0.241 e. The molecule has 5 nitrogen and oxygen atoms in total. The van der Waals surface area contributed by atoms with Crippen LogP contribution >= 0.6 is 0 Å². The van der Waals surface area contributed by atoms with Crippen LogP contribution < -0.4 is 10.6 Å². The van der Waals surface area contributed by atoms with Crippen LogP contribution in [0, 0.1) is 0 Å². The topological polar surface area (TPSA) is 60.0 Å². The van der Waals surface area contributed by atoms with Crippen molar-refractivity contribution in [1.82, 2.24) is 14.8 Å². The molecule has 0 bridgehead atoms. The third-order valence-electron chi connectivity index (χ3n) is 2.51. The van der Waals surface area contributed by atoms with Crippen LogP contribution in [0.4, 0.5) is 17.6 Å². The van der Waals surface area contributed by atoms with Crippen molar-refractivity contribution in [3.8, 4) is 0 Å². The fourth-order valence-corrected chi connectivity index (χ4v) is 1.85. The maximum atomic E-state index is 5.56. The van der Waals surface area contributed by atoms with Gasteiger partial charge in [-0.1, -0.05) is 18.2 Å². The van der Waals surface area contributed by atoms with Crippen molar-refractivity contribution in [2.24, 2.45) is 0 Å². The molecule has 1 aliphatic heterocycles. The van der Waals surface area contributed by atoms with E-state index in [0.29, 0.717) is 5.95 Å².